The van der Waals surface area contributed by atoms with E-state index in [1.807, 2.05) is 54.6 Å². The highest BCUT2D eigenvalue weighted by atomic mass is 16.5. The van der Waals surface area contributed by atoms with Gasteiger partial charge in [-0.1, -0.05) is 24.3 Å². The zero-order valence-electron chi connectivity index (χ0n) is 14.9. The maximum atomic E-state index is 11.9. The van der Waals surface area contributed by atoms with E-state index in [0.717, 1.165) is 49.4 Å². The van der Waals surface area contributed by atoms with Crippen LogP contribution in [0.25, 0.3) is 12.2 Å². The second-order valence-electron chi connectivity index (χ2n) is 6.46. The van der Waals surface area contributed by atoms with Crippen LogP contribution in [0.3, 0.4) is 0 Å². The largest absolute Gasteiger partial charge is 0.381 e. The van der Waals surface area contributed by atoms with Gasteiger partial charge in [0.2, 0.25) is 0 Å². The lowest BCUT2D eigenvalue weighted by Gasteiger charge is -2.09. The van der Waals surface area contributed by atoms with Gasteiger partial charge in [0.15, 0.2) is 0 Å². The molecule has 0 saturated carbocycles. The molecule has 0 bridgehead atoms. The molecule has 2 N–H and O–H groups in total. The van der Waals surface area contributed by atoms with E-state index < -0.39 is 0 Å². The number of hydrogen-bond acceptors (Lipinski definition) is 3. The van der Waals surface area contributed by atoms with Gasteiger partial charge in [-0.25, -0.2) is 4.79 Å². The van der Waals surface area contributed by atoms with Crippen LogP contribution in [0, 0.1) is 5.92 Å². The van der Waals surface area contributed by atoms with Gasteiger partial charge < -0.3 is 15.4 Å². The maximum Gasteiger partial charge on any atom is 0.319 e. The number of rotatable bonds is 7. The van der Waals surface area contributed by atoms with Gasteiger partial charge in [0, 0.05) is 31.6 Å². The van der Waals surface area contributed by atoms with E-state index in [9.17, 15) is 4.79 Å². The third-order valence-corrected chi connectivity index (χ3v) is 4.40. The SMILES string of the molecule is O=C(NCCCC1CCOC1)Nc1ccc(/C=C/c2ccccn2)cc1. The van der Waals surface area contributed by atoms with E-state index in [4.69, 9.17) is 4.74 Å². The number of nitrogens with zero attached hydrogens (tertiary/aromatic N) is 1. The highest BCUT2D eigenvalue weighted by Gasteiger charge is 2.14. The van der Waals surface area contributed by atoms with Crippen molar-refractivity contribution in [2.75, 3.05) is 25.1 Å². The standard InChI is InChI=1S/C21H25N3O2/c25-21(23-14-3-4-18-12-15-26-16-18)24-20-10-7-17(8-11-20)6-9-19-5-1-2-13-22-19/h1-2,5-11,13,18H,3-4,12,14-16H2,(H2,23,24,25)/b9-6+. The van der Waals surface area contributed by atoms with Crippen LogP contribution in [-0.4, -0.2) is 30.8 Å². The molecule has 2 aromatic rings. The van der Waals surface area contributed by atoms with Gasteiger partial charge in [-0.2, -0.15) is 0 Å². The molecular weight excluding hydrogens is 326 g/mol. The molecule has 0 spiro atoms. The number of ether oxygens (including phenoxy) is 1. The second-order valence-corrected chi connectivity index (χ2v) is 6.46. The molecule has 2 amide bonds. The summed E-state index contributed by atoms with van der Waals surface area (Å²) in [4.78, 5) is 16.2. The highest BCUT2D eigenvalue weighted by Crippen LogP contribution is 2.17. The quantitative estimate of drug-likeness (QED) is 0.735. The van der Waals surface area contributed by atoms with Crippen LogP contribution in [-0.2, 0) is 4.74 Å². The molecule has 1 aromatic carbocycles. The van der Waals surface area contributed by atoms with Gasteiger partial charge in [-0.15, -0.1) is 0 Å². The summed E-state index contributed by atoms with van der Waals surface area (Å²) >= 11 is 0. The highest BCUT2D eigenvalue weighted by molar-refractivity contribution is 5.89. The fourth-order valence-electron chi connectivity index (χ4n) is 2.91. The molecule has 1 saturated heterocycles. The van der Waals surface area contributed by atoms with Crippen LogP contribution in [0.15, 0.2) is 48.7 Å². The monoisotopic (exact) mass is 351 g/mol. The van der Waals surface area contributed by atoms with Gasteiger partial charge >= 0.3 is 6.03 Å². The molecular formula is C21H25N3O2. The Morgan fingerprint density at radius 2 is 2.08 bits per heavy atom. The van der Waals surface area contributed by atoms with Crippen molar-refractivity contribution in [3.63, 3.8) is 0 Å². The molecule has 1 aromatic heterocycles. The van der Waals surface area contributed by atoms with Crippen molar-refractivity contribution in [2.24, 2.45) is 5.92 Å². The summed E-state index contributed by atoms with van der Waals surface area (Å²) in [5, 5.41) is 5.76. The summed E-state index contributed by atoms with van der Waals surface area (Å²) in [5.41, 5.74) is 2.75. The Balaban J connectivity index is 1.39. The normalized spacial score (nSPS) is 16.7. The minimum atomic E-state index is -0.163. The number of anilines is 1. The van der Waals surface area contributed by atoms with Crippen LogP contribution >= 0.6 is 0 Å². The predicted octanol–water partition coefficient (Wildman–Crippen LogP) is 4.19. The topological polar surface area (TPSA) is 63.2 Å². The molecule has 1 aliphatic heterocycles. The van der Waals surface area contributed by atoms with Crippen molar-refractivity contribution in [3.8, 4) is 0 Å². The molecule has 0 aliphatic carbocycles. The number of urea groups is 1. The Hall–Kier alpha value is -2.66. The lowest BCUT2D eigenvalue weighted by atomic mass is 10.0. The van der Waals surface area contributed by atoms with Gasteiger partial charge in [0.25, 0.3) is 0 Å². The maximum absolute atomic E-state index is 11.9. The lowest BCUT2D eigenvalue weighted by Crippen LogP contribution is -2.29. The number of benzene rings is 1. The van der Waals surface area contributed by atoms with Crippen molar-refractivity contribution in [2.45, 2.75) is 19.3 Å². The minimum Gasteiger partial charge on any atom is -0.381 e. The van der Waals surface area contributed by atoms with Crippen molar-refractivity contribution in [3.05, 3.63) is 59.9 Å². The number of carbonyl (C=O) groups excluding carboxylic acids is 1. The summed E-state index contributed by atoms with van der Waals surface area (Å²) < 4.78 is 5.36. The van der Waals surface area contributed by atoms with E-state index in [1.54, 1.807) is 6.20 Å². The molecule has 136 valence electrons. The number of nitrogens with one attached hydrogen (secondary N) is 2. The Labute approximate surface area is 154 Å². The summed E-state index contributed by atoms with van der Waals surface area (Å²) in [6.45, 7) is 2.44. The van der Waals surface area contributed by atoms with Crippen molar-refractivity contribution < 1.29 is 9.53 Å². The zero-order valence-corrected chi connectivity index (χ0v) is 14.9. The predicted molar refractivity (Wildman–Crippen MR) is 105 cm³/mol. The van der Waals surface area contributed by atoms with Crippen molar-refractivity contribution in [1.29, 1.82) is 0 Å². The fourth-order valence-corrected chi connectivity index (χ4v) is 2.91. The molecule has 3 rings (SSSR count). The van der Waals surface area contributed by atoms with E-state index in [0.29, 0.717) is 12.5 Å². The average Bonchev–Trinajstić information content (AvgIpc) is 3.19. The minimum absolute atomic E-state index is 0.163. The molecule has 1 aliphatic rings. The first kappa shape index (κ1) is 18.1. The Morgan fingerprint density at radius 3 is 2.81 bits per heavy atom. The van der Waals surface area contributed by atoms with E-state index in [1.165, 1.54) is 0 Å². The van der Waals surface area contributed by atoms with Crippen LogP contribution in [0.1, 0.15) is 30.5 Å². The molecule has 1 unspecified atom stereocenters. The third kappa shape index (κ3) is 6.01. The molecule has 1 fully saturated rings. The molecule has 0 radical (unpaired) electrons. The van der Waals surface area contributed by atoms with Crippen LogP contribution in [0.5, 0.6) is 0 Å². The summed E-state index contributed by atoms with van der Waals surface area (Å²) in [6, 6.07) is 13.4. The van der Waals surface area contributed by atoms with E-state index in [2.05, 4.69) is 15.6 Å². The third-order valence-electron chi connectivity index (χ3n) is 4.40. The van der Waals surface area contributed by atoms with E-state index >= 15 is 0 Å². The fraction of sp³-hybridized carbons (Fsp3) is 0.333. The lowest BCUT2D eigenvalue weighted by molar-refractivity contribution is 0.184. The molecule has 1 atom stereocenters. The first-order valence-corrected chi connectivity index (χ1v) is 9.11. The first-order chi connectivity index (χ1) is 12.8. The number of amides is 2. The van der Waals surface area contributed by atoms with E-state index in [-0.39, 0.29) is 6.03 Å². The van der Waals surface area contributed by atoms with Gasteiger partial charge in [0.05, 0.1) is 5.69 Å². The Kier molecular flexibility index (Phi) is 6.79. The first-order valence-electron chi connectivity index (χ1n) is 9.11. The van der Waals surface area contributed by atoms with Crippen LogP contribution in [0.4, 0.5) is 10.5 Å². The Morgan fingerprint density at radius 1 is 1.19 bits per heavy atom. The number of hydrogen-bond donors (Lipinski definition) is 2. The summed E-state index contributed by atoms with van der Waals surface area (Å²) in [7, 11) is 0. The average molecular weight is 351 g/mol. The number of aromatic nitrogens is 1. The van der Waals surface area contributed by atoms with Crippen molar-refractivity contribution >= 4 is 23.9 Å². The number of carbonyl (C=O) groups is 1. The van der Waals surface area contributed by atoms with Gasteiger partial charge in [-0.3, -0.25) is 4.98 Å². The zero-order chi connectivity index (χ0) is 18.0. The second kappa shape index (κ2) is 9.73. The summed E-state index contributed by atoms with van der Waals surface area (Å²) in [6.07, 6.45) is 8.97. The molecule has 5 nitrogen and oxygen atoms in total. The Bertz CT molecular complexity index is 708. The van der Waals surface area contributed by atoms with Crippen molar-refractivity contribution in [1.82, 2.24) is 10.3 Å². The molecule has 26 heavy (non-hydrogen) atoms. The van der Waals surface area contributed by atoms with Gasteiger partial charge in [-0.05, 0) is 61.1 Å². The molecule has 2 heterocycles. The van der Waals surface area contributed by atoms with Gasteiger partial charge in [0.1, 0.15) is 0 Å². The van der Waals surface area contributed by atoms with Crippen LogP contribution < -0.4 is 10.6 Å². The number of pyridine rings is 1. The summed E-state index contributed by atoms with van der Waals surface area (Å²) in [5.74, 6) is 0.659. The molecule has 5 heteroatoms. The van der Waals surface area contributed by atoms with Crippen LogP contribution in [0.2, 0.25) is 0 Å². The smallest absolute Gasteiger partial charge is 0.319 e.